The lowest BCUT2D eigenvalue weighted by molar-refractivity contribution is 0.340. The van der Waals surface area contributed by atoms with E-state index in [9.17, 15) is 0 Å². The third-order valence-electron chi connectivity index (χ3n) is 1.04. The van der Waals surface area contributed by atoms with Gasteiger partial charge in [-0.1, -0.05) is 15.9 Å². The predicted molar refractivity (Wildman–Crippen MR) is 44.1 cm³/mol. The summed E-state index contributed by atoms with van der Waals surface area (Å²) in [5, 5.41) is 0. The van der Waals surface area contributed by atoms with Gasteiger partial charge in [0.25, 0.3) is 0 Å². The van der Waals surface area contributed by atoms with Crippen molar-refractivity contribution in [3.8, 4) is 5.75 Å². The van der Waals surface area contributed by atoms with Gasteiger partial charge in [0.1, 0.15) is 5.75 Å². The molecule has 0 fully saturated rings. The lowest BCUT2D eigenvalue weighted by Crippen LogP contribution is -1.90. The van der Waals surface area contributed by atoms with E-state index in [4.69, 9.17) is 4.74 Å². The maximum absolute atomic E-state index is 5.23. The van der Waals surface area contributed by atoms with Crippen LogP contribution in [-0.2, 0) is 0 Å². The summed E-state index contributed by atoms with van der Waals surface area (Å²) in [6.45, 7) is 2.66. The Morgan fingerprint density at radius 2 is 2.40 bits per heavy atom. The second-order valence-corrected chi connectivity index (χ2v) is 2.74. The Morgan fingerprint density at radius 3 is 3.00 bits per heavy atom. The molecule has 0 unspecified atom stereocenters. The zero-order chi connectivity index (χ0) is 7.40. The highest BCUT2D eigenvalue weighted by Gasteiger charge is 1.90. The zero-order valence-corrected chi connectivity index (χ0v) is 7.31. The molecule has 0 N–H and O–H groups in total. The number of hydrogen-bond donors (Lipinski definition) is 0. The first-order valence-electron chi connectivity index (χ1n) is 3.12. The fraction of sp³-hybridized carbons (Fsp3) is 0.250. The SMILES string of the molecule is CCOc1c[c]cc(Br)c1. The Balaban J connectivity index is 2.75. The van der Waals surface area contributed by atoms with Crippen LogP contribution in [0.5, 0.6) is 5.75 Å². The first kappa shape index (κ1) is 7.61. The molecule has 0 saturated carbocycles. The van der Waals surface area contributed by atoms with Gasteiger partial charge >= 0.3 is 0 Å². The Hall–Kier alpha value is -0.500. The first-order valence-corrected chi connectivity index (χ1v) is 3.91. The Bertz CT molecular complexity index is 210. The predicted octanol–water partition coefficient (Wildman–Crippen LogP) is 2.65. The lowest BCUT2D eigenvalue weighted by Gasteiger charge is -2.00. The van der Waals surface area contributed by atoms with Crippen LogP contribution in [0.2, 0.25) is 0 Å². The Kier molecular flexibility index (Phi) is 2.75. The van der Waals surface area contributed by atoms with Gasteiger partial charge in [-0.2, -0.15) is 0 Å². The molecule has 10 heavy (non-hydrogen) atoms. The van der Waals surface area contributed by atoms with E-state index in [0.29, 0.717) is 6.61 Å². The van der Waals surface area contributed by atoms with Crippen LogP contribution in [0.1, 0.15) is 6.92 Å². The highest BCUT2D eigenvalue weighted by molar-refractivity contribution is 9.10. The number of rotatable bonds is 2. The Labute approximate surface area is 69.1 Å². The minimum Gasteiger partial charge on any atom is -0.494 e. The minimum atomic E-state index is 0.699. The number of ether oxygens (including phenoxy) is 1. The van der Waals surface area contributed by atoms with Gasteiger partial charge in [-0.25, -0.2) is 0 Å². The van der Waals surface area contributed by atoms with Crippen LogP contribution in [0.25, 0.3) is 0 Å². The molecule has 1 aromatic carbocycles. The van der Waals surface area contributed by atoms with Gasteiger partial charge in [0.15, 0.2) is 0 Å². The van der Waals surface area contributed by atoms with Crippen LogP contribution < -0.4 is 4.74 Å². The molecule has 1 nitrogen and oxygen atoms in total. The molecule has 0 saturated heterocycles. The second kappa shape index (κ2) is 3.62. The zero-order valence-electron chi connectivity index (χ0n) is 5.73. The summed E-state index contributed by atoms with van der Waals surface area (Å²) < 4.78 is 6.22. The third-order valence-corrected chi connectivity index (χ3v) is 1.50. The summed E-state index contributed by atoms with van der Waals surface area (Å²) >= 11 is 3.32. The fourth-order valence-corrected chi connectivity index (χ4v) is 1.03. The van der Waals surface area contributed by atoms with Crippen molar-refractivity contribution in [2.45, 2.75) is 6.92 Å². The molecule has 53 valence electrons. The van der Waals surface area contributed by atoms with Crippen LogP contribution in [0.4, 0.5) is 0 Å². The lowest BCUT2D eigenvalue weighted by atomic mass is 10.3. The molecule has 0 aliphatic carbocycles. The van der Waals surface area contributed by atoms with E-state index >= 15 is 0 Å². The molecule has 0 aliphatic heterocycles. The van der Waals surface area contributed by atoms with E-state index < -0.39 is 0 Å². The van der Waals surface area contributed by atoms with Crippen molar-refractivity contribution in [2.75, 3.05) is 6.61 Å². The highest BCUT2D eigenvalue weighted by atomic mass is 79.9. The van der Waals surface area contributed by atoms with Gasteiger partial charge in [0.05, 0.1) is 6.61 Å². The van der Waals surface area contributed by atoms with Crippen molar-refractivity contribution in [3.63, 3.8) is 0 Å². The molecule has 0 spiro atoms. The average molecular weight is 200 g/mol. The molecule has 1 aromatic rings. The molecule has 2 heteroatoms. The van der Waals surface area contributed by atoms with Crippen LogP contribution in [-0.4, -0.2) is 6.61 Å². The van der Waals surface area contributed by atoms with Crippen LogP contribution >= 0.6 is 15.9 Å². The quantitative estimate of drug-likeness (QED) is 0.712. The molecule has 0 aromatic heterocycles. The van der Waals surface area contributed by atoms with Gasteiger partial charge in [0, 0.05) is 4.47 Å². The second-order valence-electron chi connectivity index (χ2n) is 1.82. The summed E-state index contributed by atoms with van der Waals surface area (Å²) in [6.07, 6.45) is 0. The van der Waals surface area contributed by atoms with E-state index in [-0.39, 0.29) is 0 Å². The van der Waals surface area contributed by atoms with Crippen molar-refractivity contribution in [1.82, 2.24) is 0 Å². The highest BCUT2D eigenvalue weighted by Crippen LogP contribution is 2.16. The van der Waals surface area contributed by atoms with Gasteiger partial charge < -0.3 is 4.74 Å². The van der Waals surface area contributed by atoms with E-state index in [1.807, 2.05) is 25.1 Å². The largest absolute Gasteiger partial charge is 0.494 e. The van der Waals surface area contributed by atoms with Crippen LogP contribution in [0, 0.1) is 6.07 Å². The monoisotopic (exact) mass is 199 g/mol. The first-order chi connectivity index (χ1) is 4.83. The molecule has 0 atom stereocenters. The summed E-state index contributed by atoms with van der Waals surface area (Å²) in [5.74, 6) is 0.858. The van der Waals surface area contributed by atoms with Crippen LogP contribution in [0.3, 0.4) is 0 Å². The van der Waals surface area contributed by atoms with Crippen molar-refractivity contribution >= 4 is 15.9 Å². The molecule has 0 bridgehead atoms. The minimum absolute atomic E-state index is 0.699. The fourth-order valence-electron chi connectivity index (χ4n) is 0.673. The third kappa shape index (κ3) is 2.03. The molecule has 0 amide bonds. The number of hydrogen-bond acceptors (Lipinski definition) is 1. The van der Waals surface area contributed by atoms with Crippen molar-refractivity contribution in [3.05, 3.63) is 28.7 Å². The van der Waals surface area contributed by atoms with Gasteiger partial charge in [-0.15, -0.1) is 0 Å². The number of benzene rings is 1. The summed E-state index contributed by atoms with van der Waals surface area (Å²) in [6, 6.07) is 8.52. The smallest absolute Gasteiger partial charge is 0.121 e. The molecule has 1 rings (SSSR count). The summed E-state index contributed by atoms with van der Waals surface area (Å²) in [5.41, 5.74) is 0. The maximum atomic E-state index is 5.23. The summed E-state index contributed by atoms with van der Waals surface area (Å²) in [4.78, 5) is 0. The van der Waals surface area contributed by atoms with E-state index in [0.717, 1.165) is 10.2 Å². The van der Waals surface area contributed by atoms with Crippen molar-refractivity contribution < 1.29 is 4.74 Å². The molecule has 1 radical (unpaired) electrons. The van der Waals surface area contributed by atoms with Crippen molar-refractivity contribution in [2.24, 2.45) is 0 Å². The van der Waals surface area contributed by atoms with E-state index in [1.165, 1.54) is 0 Å². The van der Waals surface area contributed by atoms with Crippen LogP contribution in [0.15, 0.2) is 22.7 Å². The van der Waals surface area contributed by atoms with Gasteiger partial charge in [-0.05, 0) is 31.2 Å². The van der Waals surface area contributed by atoms with Crippen molar-refractivity contribution in [1.29, 1.82) is 0 Å². The standard InChI is InChI=1S/C8H8BrO/c1-2-10-8-5-3-4-7(9)6-8/h4-6H,2H2,1H3. The summed E-state index contributed by atoms with van der Waals surface area (Å²) in [7, 11) is 0. The van der Waals surface area contributed by atoms with Gasteiger partial charge in [-0.3, -0.25) is 0 Å². The molecule has 0 aliphatic rings. The topological polar surface area (TPSA) is 9.23 Å². The normalized spacial score (nSPS) is 9.40. The number of halogens is 1. The molecule has 0 heterocycles. The van der Waals surface area contributed by atoms with Gasteiger partial charge in [0.2, 0.25) is 0 Å². The van der Waals surface area contributed by atoms with E-state index in [2.05, 4.69) is 22.0 Å². The molecular formula is C8H8BrO. The average Bonchev–Trinajstić information content (AvgIpc) is 1.88. The Morgan fingerprint density at radius 1 is 1.60 bits per heavy atom. The molecular weight excluding hydrogens is 192 g/mol. The maximum Gasteiger partial charge on any atom is 0.121 e. The van der Waals surface area contributed by atoms with E-state index in [1.54, 1.807) is 0 Å².